The Morgan fingerprint density at radius 2 is 2.16 bits per heavy atom. The molecule has 1 saturated heterocycles. The maximum atomic E-state index is 12.2. The second-order valence-corrected chi connectivity index (χ2v) is 7.48. The molecule has 0 spiro atoms. The molecule has 0 saturated carbocycles. The molecule has 1 aromatic heterocycles. The standard InChI is InChI=1S/C17H29N5O3/c1-17(2,3)25-16(24)21-9-4-5-14(11-21)6-8-19-15(23)7-10-22-13-18-12-20-22/h12-14H,4-11H2,1-3H3,(H,19,23). The number of amides is 2. The number of ether oxygens (including phenoxy) is 1. The van der Waals surface area contributed by atoms with Gasteiger partial charge in [-0.2, -0.15) is 5.10 Å². The van der Waals surface area contributed by atoms with Gasteiger partial charge >= 0.3 is 6.09 Å². The number of hydrogen-bond acceptors (Lipinski definition) is 5. The molecule has 0 bridgehead atoms. The number of aromatic nitrogens is 3. The highest BCUT2D eigenvalue weighted by molar-refractivity contribution is 5.75. The predicted molar refractivity (Wildman–Crippen MR) is 92.8 cm³/mol. The van der Waals surface area contributed by atoms with Crippen molar-refractivity contribution in [1.82, 2.24) is 25.0 Å². The van der Waals surface area contributed by atoms with Gasteiger partial charge in [-0.3, -0.25) is 9.48 Å². The molecule has 1 fully saturated rings. The van der Waals surface area contributed by atoms with E-state index < -0.39 is 5.60 Å². The lowest BCUT2D eigenvalue weighted by molar-refractivity contribution is -0.121. The topological polar surface area (TPSA) is 89.4 Å². The minimum atomic E-state index is -0.470. The molecule has 2 amide bonds. The van der Waals surface area contributed by atoms with Crippen molar-refractivity contribution in [2.75, 3.05) is 19.6 Å². The zero-order valence-electron chi connectivity index (χ0n) is 15.4. The number of piperidine rings is 1. The van der Waals surface area contributed by atoms with Crippen molar-refractivity contribution in [3.05, 3.63) is 12.7 Å². The third kappa shape index (κ3) is 7.11. The zero-order chi connectivity index (χ0) is 18.3. The van der Waals surface area contributed by atoms with E-state index in [-0.39, 0.29) is 12.0 Å². The normalized spacial score (nSPS) is 18.0. The highest BCUT2D eigenvalue weighted by atomic mass is 16.6. The van der Waals surface area contributed by atoms with Crippen molar-refractivity contribution in [1.29, 1.82) is 0 Å². The molecule has 25 heavy (non-hydrogen) atoms. The molecular weight excluding hydrogens is 322 g/mol. The Hall–Kier alpha value is -2.12. The molecular formula is C17H29N5O3. The van der Waals surface area contributed by atoms with E-state index in [4.69, 9.17) is 4.74 Å². The summed E-state index contributed by atoms with van der Waals surface area (Å²) < 4.78 is 7.08. The maximum Gasteiger partial charge on any atom is 0.410 e. The van der Waals surface area contributed by atoms with Crippen LogP contribution in [0.5, 0.6) is 0 Å². The smallest absolute Gasteiger partial charge is 0.410 e. The summed E-state index contributed by atoms with van der Waals surface area (Å²) in [7, 11) is 0. The predicted octanol–water partition coefficient (Wildman–Crippen LogP) is 1.82. The van der Waals surface area contributed by atoms with Crippen LogP contribution in [-0.4, -0.2) is 56.9 Å². The molecule has 1 N–H and O–H groups in total. The summed E-state index contributed by atoms with van der Waals surface area (Å²) >= 11 is 0. The number of rotatable bonds is 6. The third-order valence-electron chi connectivity index (χ3n) is 4.08. The number of carbonyl (C=O) groups is 2. The van der Waals surface area contributed by atoms with Crippen molar-refractivity contribution in [2.45, 2.75) is 58.6 Å². The lowest BCUT2D eigenvalue weighted by atomic mass is 9.95. The quantitative estimate of drug-likeness (QED) is 0.844. The van der Waals surface area contributed by atoms with E-state index in [1.165, 1.54) is 6.33 Å². The van der Waals surface area contributed by atoms with E-state index in [0.717, 1.165) is 25.8 Å². The van der Waals surface area contributed by atoms with Crippen LogP contribution in [-0.2, 0) is 16.1 Å². The van der Waals surface area contributed by atoms with E-state index in [9.17, 15) is 9.59 Å². The van der Waals surface area contributed by atoms with Gasteiger partial charge in [-0.25, -0.2) is 9.78 Å². The maximum absolute atomic E-state index is 12.2. The zero-order valence-corrected chi connectivity index (χ0v) is 15.4. The summed E-state index contributed by atoms with van der Waals surface area (Å²) in [4.78, 5) is 29.6. The summed E-state index contributed by atoms with van der Waals surface area (Å²) in [5.74, 6) is 0.409. The first kappa shape index (κ1) is 19.2. The molecule has 8 nitrogen and oxygen atoms in total. The molecule has 140 valence electrons. The molecule has 1 aliphatic heterocycles. The monoisotopic (exact) mass is 351 g/mol. The molecule has 1 unspecified atom stereocenters. The van der Waals surface area contributed by atoms with Gasteiger partial charge in [-0.1, -0.05) is 0 Å². The average Bonchev–Trinajstić information content (AvgIpc) is 3.05. The number of hydrogen-bond donors (Lipinski definition) is 1. The third-order valence-corrected chi connectivity index (χ3v) is 4.08. The van der Waals surface area contributed by atoms with E-state index in [0.29, 0.717) is 32.0 Å². The van der Waals surface area contributed by atoms with Crippen LogP contribution >= 0.6 is 0 Å². The Labute approximate surface area is 148 Å². The highest BCUT2D eigenvalue weighted by Gasteiger charge is 2.27. The highest BCUT2D eigenvalue weighted by Crippen LogP contribution is 2.21. The van der Waals surface area contributed by atoms with Crippen LogP contribution in [0.25, 0.3) is 0 Å². The number of nitrogens with zero attached hydrogens (tertiary/aromatic N) is 4. The van der Waals surface area contributed by atoms with Crippen LogP contribution in [0.15, 0.2) is 12.7 Å². The Bertz CT molecular complexity index is 553. The van der Waals surface area contributed by atoms with Gasteiger partial charge in [-0.15, -0.1) is 0 Å². The number of nitrogens with one attached hydrogen (secondary N) is 1. The van der Waals surface area contributed by atoms with Gasteiger partial charge in [-0.05, 0) is 46.0 Å². The molecule has 2 heterocycles. The summed E-state index contributed by atoms with van der Waals surface area (Å²) in [5.41, 5.74) is -0.470. The number of likely N-dealkylation sites (tertiary alicyclic amines) is 1. The second kappa shape index (κ2) is 8.82. The molecule has 2 rings (SSSR count). The van der Waals surface area contributed by atoms with Gasteiger partial charge in [0.2, 0.25) is 5.91 Å². The van der Waals surface area contributed by atoms with Gasteiger partial charge in [0.15, 0.2) is 0 Å². The van der Waals surface area contributed by atoms with Gasteiger partial charge in [0, 0.05) is 26.1 Å². The minimum absolute atomic E-state index is 0.00954. The van der Waals surface area contributed by atoms with Gasteiger partial charge in [0.05, 0.1) is 6.54 Å². The molecule has 1 aliphatic rings. The van der Waals surface area contributed by atoms with Gasteiger partial charge < -0.3 is 15.0 Å². The summed E-state index contributed by atoms with van der Waals surface area (Å²) in [6.45, 7) is 8.23. The Kier molecular flexibility index (Phi) is 6.78. The average molecular weight is 351 g/mol. The second-order valence-electron chi connectivity index (χ2n) is 7.48. The number of aryl methyl sites for hydroxylation is 1. The Morgan fingerprint density at radius 1 is 1.36 bits per heavy atom. The van der Waals surface area contributed by atoms with Crippen molar-refractivity contribution >= 4 is 12.0 Å². The first-order valence-electron chi connectivity index (χ1n) is 8.90. The van der Waals surface area contributed by atoms with Gasteiger partial charge in [0.1, 0.15) is 18.3 Å². The van der Waals surface area contributed by atoms with Crippen LogP contribution in [0.3, 0.4) is 0 Å². The van der Waals surface area contributed by atoms with Crippen molar-refractivity contribution < 1.29 is 14.3 Å². The van der Waals surface area contributed by atoms with Crippen LogP contribution < -0.4 is 5.32 Å². The van der Waals surface area contributed by atoms with Gasteiger partial charge in [0.25, 0.3) is 0 Å². The van der Waals surface area contributed by atoms with Crippen LogP contribution in [0.2, 0.25) is 0 Å². The fourth-order valence-electron chi connectivity index (χ4n) is 2.86. The fourth-order valence-corrected chi connectivity index (χ4v) is 2.86. The Balaban J connectivity index is 1.65. The molecule has 0 radical (unpaired) electrons. The van der Waals surface area contributed by atoms with Crippen molar-refractivity contribution in [3.8, 4) is 0 Å². The molecule has 1 atom stereocenters. The first-order valence-corrected chi connectivity index (χ1v) is 8.90. The molecule has 0 aromatic carbocycles. The largest absolute Gasteiger partial charge is 0.444 e. The van der Waals surface area contributed by atoms with E-state index in [1.807, 2.05) is 20.8 Å². The molecule has 0 aliphatic carbocycles. The molecule has 1 aromatic rings. The summed E-state index contributed by atoms with van der Waals surface area (Å²) in [5, 5.41) is 6.91. The van der Waals surface area contributed by atoms with E-state index >= 15 is 0 Å². The van der Waals surface area contributed by atoms with E-state index in [2.05, 4.69) is 15.4 Å². The lowest BCUT2D eigenvalue weighted by Crippen LogP contribution is -2.43. The minimum Gasteiger partial charge on any atom is -0.444 e. The lowest BCUT2D eigenvalue weighted by Gasteiger charge is -2.34. The summed E-state index contributed by atoms with van der Waals surface area (Å²) in [6.07, 6.45) is 6.12. The van der Waals surface area contributed by atoms with Crippen LogP contribution in [0.1, 0.15) is 46.5 Å². The SMILES string of the molecule is CC(C)(C)OC(=O)N1CCCC(CCNC(=O)CCn2cncn2)C1. The first-order chi connectivity index (χ1) is 11.8. The van der Waals surface area contributed by atoms with Crippen LogP contribution in [0, 0.1) is 5.92 Å². The molecule has 8 heteroatoms. The van der Waals surface area contributed by atoms with Crippen molar-refractivity contribution in [2.24, 2.45) is 5.92 Å². The van der Waals surface area contributed by atoms with Crippen LogP contribution in [0.4, 0.5) is 4.79 Å². The summed E-state index contributed by atoms with van der Waals surface area (Å²) in [6, 6.07) is 0. The van der Waals surface area contributed by atoms with Crippen molar-refractivity contribution in [3.63, 3.8) is 0 Å². The Morgan fingerprint density at radius 3 is 2.84 bits per heavy atom. The fraction of sp³-hybridized carbons (Fsp3) is 0.765. The van der Waals surface area contributed by atoms with E-state index in [1.54, 1.807) is 15.9 Å². The number of carbonyl (C=O) groups excluding carboxylic acids is 2.